The maximum absolute atomic E-state index is 13.2. The smallest absolute Gasteiger partial charge is 0.125 e. The molecule has 0 aromatic heterocycles. The molecular weight excluding hydrogens is 319 g/mol. The number of benzene rings is 1. The second-order valence-corrected chi connectivity index (χ2v) is 6.24. The fraction of sp³-hybridized carbons (Fsp3) is 0.538. The van der Waals surface area contributed by atoms with E-state index in [0.717, 1.165) is 31.7 Å². The van der Waals surface area contributed by atoms with E-state index in [1.54, 1.807) is 0 Å². The Morgan fingerprint density at radius 3 is 2.89 bits per heavy atom. The van der Waals surface area contributed by atoms with Gasteiger partial charge >= 0.3 is 0 Å². The highest BCUT2D eigenvalue weighted by molar-refractivity contribution is 9.10. The molecule has 5 heteroatoms. The monoisotopic (exact) mass is 334 g/mol. The summed E-state index contributed by atoms with van der Waals surface area (Å²) in [5.41, 5.74) is 0.967. The van der Waals surface area contributed by atoms with E-state index in [1.165, 1.54) is 12.1 Å². The molecule has 1 heterocycles. The van der Waals surface area contributed by atoms with Crippen molar-refractivity contribution < 1.29 is 4.39 Å². The van der Waals surface area contributed by atoms with Crippen molar-refractivity contribution in [1.29, 1.82) is 0 Å². The van der Waals surface area contributed by atoms with Gasteiger partial charge < -0.3 is 10.2 Å². The lowest BCUT2D eigenvalue weighted by Crippen LogP contribution is -2.58. The molecule has 0 saturated carbocycles. The van der Waals surface area contributed by atoms with Crippen molar-refractivity contribution in [3.05, 3.63) is 27.4 Å². The average molecular weight is 336 g/mol. The third-order valence-electron chi connectivity index (χ3n) is 3.55. The molecule has 0 bridgehead atoms. The Morgan fingerprint density at radius 2 is 2.28 bits per heavy atom. The molecule has 0 aliphatic carbocycles. The van der Waals surface area contributed by atoms with E-state index in [9.17, 15) is 4.39 Å². The van der Waals surface area contributed by atoms with Crippen molar-refractivity contribution in [2.75, 3.05) is 24.5 Å². The summed E-state index contributed by atoms with van der Waals surface area (Å²) >= 11 is 9.58. The quantitative estimate of drug-likeness (QED) is 0.884. The van der Waals surface area contributed by atoms with Crippen LogP contribution in [0.15, 0.2) is 16.6 Å². The molecule has 0 radical (unpaired) electrons. The molecule has 2 nitrogen and oxygen atoms in total. The van der Waals surface area contributed by atoms with E-state index >= 15 is 0 Å². The summed E-state index contributed by atoms with van der Waals surface area (Å²) in [5, 5.41) is 3.98. The van der Waals surface area contributed by atoms with Crippen LogP contribution in [-0.2, 0) is 0 Å². The summed E-state index contributed by atoms with van der Waals surface area (Å²) in [7, 11) is 0. The lowest BCUT2D eigenvalue weighted by molar-refractivity contribution is 0.314. The maximum Gasteiger partial charge on any atom is 0.125 e. The van der Waals surface area contributed by atoms with Gasteiger partial charge in [0.2, 0.25) is 0 Å². The second kappa shape index (κ2) is 5.35. The first-order valence-electron chi connectivity index (χ1n) is 6.10. The molecule has 18 heavy (non-hydrogen) atoms. The van der Waals surface area contributed by atoms with Crippen molar-refractivity contribution >= 4 is 33.2 Å². The zero-order chi connectivity index (χ0) is 13.3. The number of nitrogens with one attached hydrogen (secondary N) is 1. The highest BCUT2D eigenvalue weighted by Gasteiger charge is 2.30. The van der Waals surface area contributed by atoms with E-state index in [1.807, 2.05) is 0 Å². The van der Waals surface area contributed by atoms with Gasteiger partial charge in [0.05, 0.1) is 10.7 Å². The minimum Gasteiger partial charge on any atom is -0.366 e. The molecule has 0 amide bonds. The normalized spacial score (nSPS) is 24.4. The molecule has 1 unspecified atom stereocenters. The predicted molar refractivity (Wildman–Crippen MR) is 78.0 cm³/mol. The van der Waals surface area contributed by atoms with Gasteiger partial charge in [0.1, 0.15) is 5.82 Å². The molecule has 100 valence electrons. The molecule has 2 rings (SSSR count). The van der Waals surface area contributed by atoms with E-state index in [2.05, 4.69) is 40.0 Å². The van der Waals surface area contributed by atoms with Crippen LogP contribution in [0.4, 0.5) is 10.1 Å². The van der Waals surface area contributed by atoms with Gasteiger partial charge in [-0.2, -0.15) is 0 Å². The Bertz CT molecular complexity index is 432. The highest BCUT2D eigenvalue weighted by Crippen LogP contribution is 2.36. The molecule has 1 aliphatic rings. The van der Waals surface area contributed by atoms with Crippen LogP contribution in [0.2, 0.25) is 5.02 Å². The molecule has 1 N–H and O–H groups in total. The van der Waals surface area contributed by atoms with Crippen molar-refractivity contribution in [2.45, 2.75) is 25.8 Å². The molecule has 1 fully saturated rings. The minimum absolute atomic E-state index is 0.0788. The maximum atomic E-state index is 13.2. The van der Waals surface area contributed by atoms with Crippen LogP contribution in [-0.4, -0.2) is 25.2 Å². The summed E-state index contributed by atoms with van der Waals surface area (Å²) in [5.74, 6) is -0.316. The summed E-state index contributed by atoms with van der Waals surface area (Å²) < 4.78 is 14.0. The zero-order valence-electron chi connectivity index (χ0n) is 10.6. The van der Waals surface area contributed by atoms with Gasteiger partial charge in [-0.25, -0.2) is 4.39 Å². The summed E-state index contributed by atoms with van der Waals surface area (Å²) in [6, 6.07) is 2.83. The Balaban J connectivity index is 2.32. The van der Waals surface area contributed by atoms with Gasteiger partial charge in [-0.1, -0.05) is 18.5 Å². The summed E-state index contributed by atoms with van der Waals surface area (Å²) in [6.07, 6.45) is 1.04. The number of nitrogens with zero attached hydrogens (tertiary/aromatic N) is 1. The van der Waals surface area contributed by atoms with Crippen LogP contribution >= 0.6 is 27.5 Å². The Kier molecular flexibility index (Phi) is 4.19. The number of piperazine rings is 1. The second-order valence-electron chi connectivity index (χ2n) is 4.98. The first-order chi connectivity index (χ1) is 8.45. The Morgan fingerprint density at radius 1 is 1.56 bits per heavy atom. The number of anilines is 1. The van der Waals surface area contributed by atoms with Gasteiger partial charge in [-0.05, 0) is 41.4 Å². The van der Waals surface area contributed by atoms with Gasteiger partial charge in [-0.3, -0.25) is 0 Å². The number of hydrogen-bond acceptors (Lipinski definition) is 2. The summed E-state index contributed by atoms with van der Waals surface area (Å²) in [4.78, 5) is 2.21. The Hall–Kier alpha value is -0.320. The lowest BCUT2D eigenvalue weighted by atomic mass is 9.95. The van der Waals surface area contributed by atoms with E-state index < -0.39 is 0 Å². The standard InChI is InChI=1S/C13H17BrClFN2/c1-3-13(2)8-18(5-4-17-13)12-10(14)6-9(16)7-11(12)15/h6-7,17H,3-5,8H2,1-2H3. The predicted octanol–water partition coefficient (Wildman–Crippen LogP) is 3.82. The topological polar surface area (TPSA) is 15.3 Å². The molecule has 0 spiro atoms. The van der Waals surface area contributed by atoms with Crippen molar-refractivity contribution in [2.24, 2.45) is 0 Å². The number of rotatable bonds is 2. The van der Waals surface area contributed by atoms with E-state index in [4.69, 9.17) is 11.6 Å². The fourth-order valence-corrected chi connectivity index (χ4v) is 3.44. The first kappa shape index (κ1) is 14.1. The van der Waals surface area contributed by atoms with Crippen LogP contribution < -0.4 is 10.2 Å². The van der Waals surface area contributed by atoms with Gasteiger partial charge in [0.15, 0.2) is 0 Å². The highest BCUT2D eigenvalue weighted by atomic mass is 79.9. The largest absolute Gasteiger partial charge is 0.366 e. The third-order valence-corrected chi connectivity index (χ3v) is 4.44. The van der Waals surface area contributed by atoms with Crippen LogP contribution in [0, 0.1) is 5.82 Å². The minimum atomic E-state index is -0.316. The van der Waals surface area contributed by atoms with Crippen LogP contribution in [0.1, 0.15) is 20.3 Å². The lowest BCUT2D eigenvalue weighted by Gasteiger charge is -2.42. The Labute approximate surface area is 121 Å². The van der Waals surface area contributed by atoms with Crippen LogP contribution in [0.5, 0.6) is 0 Å². The number of hydrogen-bond donors (Lipinski definition) is 1. The fourth-order valence-electron chi connectivity index (χ4n) is 2.31. The SMILES string of the molecule is CCC1(C)CN(c2c(Cl)cc(F)cc2Br)CCN1. The van der Waals surface area contributed by atoms with Crippen molar-refractivity contribution in [1.82, 2.24) is 5.32 Å². The molecule has 1 aromatic rings. The molecule has 1 aromatic carbocycles. The van der Waals surface area contributed by atoms with Gasteiger partial charge in [0.25, 0.3) is 0 Å². The first-order valence-corrected chi connectivity index (χ1v) is 7.27. The van der Waals surface area contributed by atoms with E-state index in [-0.39, 0.29) is 11.4 Å². The number of halogens is 3. The average Bonchev–Trinajstić information content (AvgIpc) is 2.28. The van der Waals surface area contributed by atoms with E-state index in [0.29, 0.717) is 9.50 Å². The molecule has 1 atom stereocenters. The summed E-state index contributed by atoms with van der Waals surface area (Å²) in [6.45, 7) is 7.01. The van der Waals surface area contributed by atoms with Gasteiger partial charge in [0, 0.05) is 29.6 Å². The van der Waals surface area contributed by atoms with Crippen molar-refractivity contribution in [3.8, 4) is 0 Å². The van der Waals surface area contributed by atoms with Crippen molar-refractivity contribution in [3.63, 3.8) is 0 Å². The molecular formula is C13H17BrClFN2. The zero-order valence-corrected chi connectivity index (χ0v) is 12.9. The third kappa shape index (κ3) is 2.81. The molecule has 1 aliphatic heterocycles. The molecule has 1 saturated heterocycles. The van der Waals surface area contributed by atoms with Crippen LogP contribution in [0.3, 0.4) is 0 Å². The van der Waals surface area contributed by atoms with Gasteiger partial charge in [-0.15, -0.1) is 0 Å². The van der Waals surface area contributed by atoms with Crippen LogP contribution in [0.25, 0.3) is 0 Å².